The van der Waals surface area contributed by atoms with Crippen molar-refractivity contribution < 1.29 is 18.7 Å². The molecule has 0 unspecified atom stereocenters. The minimum atomic E-state index is -0.371. The number of halogens is 2. The highest BCUT2D eigenvalue weighted by atomic mass is 79.9. The second-order valence-corrected chi connectivity index (χ2v) is 7.11. The Morgan fingerprint density at radius 2 is 1.85 bits per heavy atom. The monoisotopic (exact) mass is 440 g/mol. The van der Waals surface area contributed by atoms with Crippen molar-refractivity contribution in [1.82, 2.24) is 5.32 Å². The third kappa shape index (κ3) is 7.88. The van der Waals surface area contributed by atoms with Gasteiger partial charge in [-0.25, -0.2) is 4.39 Å². The molecule has 2 N–H and O–H groups in total. The highest BCUT2D eigenvalue weighted by Crippen LogP contribution is 2.16. The van der Waals surface area contributed by atoms with Crippen LogP contribution in [-0.4, -0.2) is 36.5 Å². The Morgan fingerprint density at radius 1 is 1.08 bits per heavy atom. The number of amides is 2. The number of hydrogen-bond donors (Lipinski definition) is 2. The van der Waals surface area contributed by atoms with Gasteiger partial charge >= 0.3 is 0 Å². The zero-order chi connectivity index (χ0) is 18.8. The van der Waals surface area contributed by atoms with E-state index in [0.29, 0.717) is 18.0 Å². The molecule has 2 aromatic carbocycles. The predicted octanol–water partition coefficient (Wildman–Crippen LogP) is 3.46. The fraction of sp³-hybridized carbons (Fsp3) is 0.222. The maximum absolute atomic E-state index is 13.0. The number of carbonyl (C=O) groups is 2. The number of benzene rings is 2. The first-order chi connectivity index (χ1) is 12.5. The second-order valence-electron chi connectivity index (χ2n) is 5.21. The largest absolute Gasteiger partial charge is 0.492 e. The maximum Gasteiger partial charge on any atom is 0.234 e. The van der Waals surface area contributed by atoms with E-state index in [4.69, 9.17) is 4.74 Å². The third-order valence-corrected chi connectivity index (χ3v) is 4.49. The zero-order valence-electron chi connectivity index (χ0n) is 13.8. The lowest BCUT2D eigenvalue weighted by Crippen LogP contribution is -2.30. The molecule has 0 radical (unpaired) electrons. The van der Waals surface area contributed by atoms with E-state index >= 15 is 0 Å². The summed E-state index contributed by atoms with van der Waals surface area (Å²) in [7, 11) is 0. The summed E-state index contributed by atoms with van der Waals surface area (Å²) >= 11 is 4.56. The van der Waals surface area contributed by atoms with Crippen molar-refractivity contribution >= 4 is 45.2 Å². The standard InChI is InChI=1S/C18H18BrFN2O3S/c19-13-3-1-5-15(9-13)22-18(24)12-26-11-17(23)21-7-8-25-16-6-2-4-14(20)10-16/h1-6,9-10H,7-8,11-12H2,(H,21,23)(H,22,24). The first-order valence-corrected chi connectivity index (χ1v) is 9.76. The molecule has 0 fully saturated rings. The lowest BCUT2D eigenvalue weighted by atomic mass is 10.3. The Labute approximate surface area is 163 Å². The third-order valence-electron chi connectivity index (χ3n) is 3.06. The van der Waals surface area contributed by atoms with Crippen molar-refractivity contribution in [2.75, 3.05) is 30.0 Å². The van der Waals surface area contributed by atoms with Crippen LogP contribution in [0.2, 0.25) is 0 Å². The van der Waals surface area contributed by atoms with Crippen LogP contribution in [-0.2, 0) is 9.59 Å². The lowest BCUT2D eigenvalue weighted by Gasteiger charge is -2.08. The van der Waals surface area contributed by atoms with Gasteiger partial charge in [0.25, 0.3) is 0 Å². The van der Waals surface area contributed by atoms with Crippen molar-refractivity contribution in [3.05, 3.63) is 58.8 Å². The molecule has 0 aromatic heterocycles. The molecule has 26 heavy (non-hydrogen) atoms. The van der Waals surface area contributed by atoms with E-state index in [2.05, 4.69) is 26.6 Å². The lowest BCUT2D eigenvalue weighted by molar-refractivity contribution is -0.118. The van der Waals surface area contributed by atoms with Crippen molar-refractivity contribution in [2.45, 2.75) is 0 Å². The van der Waals surface area contributed by atoms with Crippen LogP contribution in [0.15, 0.2) is 53.0 Å². The van der Waals surface area contributed by atoms with Gasteiger partial charge in [0.2, 0.25) is 11.8 Å². The van der Waals surface area contributed by atoms with Gasteiger partial charge in [-0.05, 0) is 30.3 Å². The molecule has 0 aliphatic carbocycles. The number of thioether (sulfide) groups is 1. The van der Waals surface area contributed by atoms with E-state index in [0.717, 1.165) is 4.47 Å². The molecule has 0 aliphatic rings. The van der Waals surface area contributed by atoms with E-state index in [1.807, 2.05) is 12.1 Å². The highest BCUT2D eigenvalue weighted by molar-refractivity contribution is 9.10. The first-order valence-electron chi connectivity index (χ1n) is 7.81. The Morgan fingerprint density at radius 3 is 2.62 bits per heavy atom. The van der Waals surface area contributed by atoms with Crippen LogP contribution in [0.4, 0.5) is 10.1 Å². The van der Waals surface area contributed by atoms with Crippen LogP contribution in [0.1, 0.15) is 0 Å². The molecule has 5 nitrogen and oxygen atoms in total. The van der Waals surface area contributed by atoms with Gasteiger partial charge < -0.3 is 15.4 Å². The quantitative estimate of drug-likeness (QED) is 0.585. The Bertz CT molecular complexity index is 761. The SMILES string of the molecule is O=C(CSCC(=O)Nc1cccc(Br)c1)NCCOc1cccc(F)c1. The van der Waals surface area contributed by atoms with Crippen molar-refractivity contribution in [3.8, 4) is 5.75 Å². The van der Waals surface area contributed by atoms with Gasteiger partial charge in [0.05, 0.1) is 18.1 Å². The van der Waals surface area contributed by atoms with Crippen LogP contribution in [0.3, 0.4) is 0 Å². The molecule has 0 heterocycles. The normalized spacial score (nSPS) is 10.2. The number of hydrogen-bond acceptors (Lipinski definition) is 4. The molecule has 0 aliphatic heterocycles. The van der Waals surface area contributed by atoms with Crippen molar-refractivity contribution in [1.29, 1.82) is 0 Å². The molecule has 0 saturated heterocycles. The fourth-order valence-electron chi connectivity index (χ4n) is 1.97. The van der Waals surface area contributed by atoms with Gasteiger partial charge in [0, 0.05) is 16.2 Å². The smallest absolute Gasteiger partial charge is 0.234 e. The van der Waals surface area contributed by atoms with Gasteiger partial charge in [0.15, 0.2) is 0 Å². The summed E-state index contributed by atoms with van der Waals surface area (Å²) in [5.41, 5.74) is 0.698. The van der Waals surface area contributed by atoms with Crippen molar-refractivity contribution in [3.63, 3.8) is 0 Å². The molecule has 2 rings (SSSR count). The van der Waals surface area contributed by atoms with E-state index in [-0.39, 0.29) is 35.7 Å². The van der Waals surface area contributed by atoms with Crippen LogP contribution in [0.25, 0.3) is 0 Å². The van der Waals surface area contributed by atoms with E-state index in [1.54, 1.807) is 24.3 Å². The molecular weight excluding hydrogens is 423 g/mol. The molecule has 138 valence electrons. The molecule has 8 heteroatoms. The van der Waals surface area contributed by atoms with E-state index in [1.165, 1.54) is 23.9 Å². The summed E-state index contributed by atoms with van der Waals surface area (Å²) in [6, 6.07) is 13.1. The van der Waals surface area contributed by atoms with Crippen LogP contribution >= 0.6 is 27.7 Å². The number of carbonyl (C=O) groups excluding carboxylic acids is 2. The van der Waals surface area contributed by atoms with Crippen LogP contribution in [0.5, 0.6) is 5.75 Å². The Balaban J connectivity index is 1.56. The average Bonchev–Trinajstić information content (AvgIpc) is 2.59. The second kappa shape index (κ2) is 10.8. The Kier molecular flexibility index (Phi) is 8.43. The molecule has 2 amide bonds. The summed E-state index contributed by atoms with van der Waals surface area (Å²) in [4.78, 5) is 23.5. The first kappa shape index (κ1) is 20.3. The van der Waals surface area contributed by atoms with E-state index in [9.17, 15) is 14.0 Å². The number of rotatable bonds is 9. The molecule has 0 atom stereocenters. The van der Waals surface area contributed by atoms with Crippen LogP contribution < -0.4 is 15.4 Å². The van der Waals surface area contributed by atoms with Crippen molar-refractivity contribution in [2.24, 2.45) is 0 Å². The number of anilines is 1. The Hall–Kier alpha value is -2.06. The molecule has 0 spiro atoms. The molecule has 0 bridgehead atoms. The summed E-state index contributed by atoms with van der Waals surface area (Å²) in [6.07, 6.45) is 0. The number of ether oxygens (including phenoxy) is 1. The minimum absolute atomic E-state index is 0.171. The van der Waals surface area contributed by atoms with Gasteiger partial charge in [-0.15, -0.1) is 11.8 Å². The average molecular weight is 441 g/mol. The highest BCUT2D eigenvalue weighted by Gasteiger charge is 2.06. The van der Waals surface area contributed by atoms with E-state index < -0.39 is 0 Å². The topological polar surface area (TPSA) is 67.4 Å². The molecule has 0 saturated carbocycles. The summed E-state index contributed by atoms with van der Waals surface area (Å²) in [5.74, 6) is 0.0383. The van der Waals surface area contributed by atoms with Gasteiger partial charge in [-0.1, -0.05) is 28.1 Å². The number of nitrogens with one attached hydrogen (secondary N) is 2. The van der Waals surface area contributed by atoms with Gasteiger partial charge in [0.1, 0.15) is 18.2 Å². The molecular formula is C18H18BrFN2O3S. The van der Waals surface area contributed by atoms with Crippen LogP contribution in [0, 0.1) is 5.82 Å². The molecule has 2 aromatic rings. The fourth-order valence-corrected chi connectivity index (χ4v) is 3.01. The maximum atomic E-state index is 13.0. The summed E-state index contributed by atoms with van der Waals surface area (Å²) < 4.78 is 19.2. The zero-order valence-corrected chi connectivity index (χ0v) is 16.2. The summed E-state index contributed by atoms with van der Waals surface area (Å²) in [6.45, 7) is 0.545. The summed E-state index contributed by atoms with van der Waals surface area (Å²) in [5, 5.41) is 5.44. The van der Waals surface area contributed by atoms with Gasteiger partial charge in [-0.3, -0.25) is 9.59 Å². The predicted molar refractivity (Wildman–Crippen MR) is 105 cm³/mol. The minimum Gasteiger partial charge on any atom is -0.492 e. The van der Waals surface area contributed by atoms with Gasteiger partial charge in [-0.2, -0.15) is 0 Å².